The van der Waals surface area contributed by atoms with Crippen molar-refractivity contribution in [2.24, 2.45) is 5.92 Å². The Labute approximate surface area is 80.5 Å². The standard InChI is InChI=1S/C10H21NO2/c1-3-10(6-12)11-8(2)9-4-5-13-7-9/h8-12H,3-7H2,1-2H3/t8?,9?,10-/m0/s1. The Bertz CT molecular complexity index is 131. The highest BCUT2D eigenvalue weighted by Crippen LogP contribution is 2.16. The molecule has 0 aromatic rings. The van der Waals surface area contributed by atoms with Gasteiger partial charge in [-0.15, -0.1) is 0 Å². The molecule has 0 spiro atoms. The minimum atomic E-state index is 0.231. The zero-order valence-electron chi connectivity index (χ0n) is 8.62. The first-order chi connectivity index (χ1) is 6.27. The Morgan fingerprint density at radius 2 is 2.38 bits per heavy atom. The quantitative estimate of drug-likeness (QED) is 0.668. The van der Waals surface area contributed by atoms with Crippen LogP contribution in [0, 0.1) is 5.92 Å². The summed E-state index contributed by atoms with van der Waals surface area (Å²) in [5.74, 6) is 0.626. The molecule has 1 heterocycles. The number of rotatable bonds is 5. The van der Waals surface area contributed by atoms with Crippen molar-refractivity contribution in [1.29, 1.82) is 0 Å². The molecule has 0 bridgehead atoms. The number of aliphatic hydroxyl groups is 1. The first-order valence-corrected chi connectivity index (χ1v) is 5.22. The molecule has 0 aromatic heterocycles. The van der Waals surface area contributed by atoms with E-state index in [-0.39, 0.29) is 12.6 Å². The molecule has 3 atom stereocenters. The highest BCUT2D eigenvalue weighted by molar-refractivity contribution is 4.78. The van der Waals surface area contributed by atoms with Crippen LogP contribution >= 0.6 is 0 Å². The Hall–Kier alpha value is -0.120. The third-order valence-corrected chi connectivity index (χ3v) is 2.88. The van der Waals surface area contributed by atoms with E-state index >= 15 is 0 Å². The van der Waals surface area contributed by atoms with Crippen LogP contribution in [0.5, 0.6) is 0 Å². The van der Waals surface area contributed by atoms with Crippen LogP contribution in [0.25, 0.3) is 0 Å². The summed E-state index contributed by atoms with van der Waals surface area (Å²) in [4.78, 5) is 0. The average molecular weight is 187 g/mol. The Morgan fingerprint density at radius 1 is 1.62 bits per heavy atom. The molecule has 2 N–H and O–H groups in total. The molecule has 1 fully saturated rings. The number of ether oxygens (including phenoxy) is 1. The summed E-state index contributed by atoms with van der Waals surface area (Å²) in [6.45, 7) is 6.26. The molecule has 1 saturated heterocycles. The van der Waals surface area contributed by atoms with E-state index < -0.39 is 0 Å². The summed E-state index contributed by atoms with van der Waals surface area (Å²) in [5.41, 5.74) is 0. The lowest BCUT2D eigenvalue weighted by Gasteiger charge is -2.24. The van der Waals surface area contributed by atoms with Gasteiger partial charge >= 0.3 is 0 Å². The predicted molar refractivity (Wildman–Crippen MR) is 52.7 cm³/mol. The van der Waals surface area contributed by atoms with Crippen LogP contribution in [0.3, 0.4) is 0 Å². The fraction of sp³-hybridized carbons (Fsp3) is 1.00. The fourth-order valence-corrected chi connectivity index (χ4v) is 1.75. The first kappa shape index (κ1) is 11.0. The second-order valence-corrected chi connectivity index (χ2v) is 3.87. The maximum Gasteiger partial charge on any atom is 0.0584 e. The van der Waals surface area contributed by atoms with E-state index in [0.29, 0.717) is 12.0 Å². The second kappa shape index (κ2) is 5.58. The van der Waals surface area contributed by atoms with Gasteiger partial charge in [0.25, 0.3) is 0 Å². The smallest absolute Gasteiger partial charge is 0.0584 e. The molecule has 3 nitrogen and oxygen atoms in total. The van der Waals surface area contributed by atoms with Gasteiger partial charge < -0.3 is 15.2 Å². The van der Waals surface area contributed by atoms with Gasteiger partial charge in [0, 0.05) is 18.7 Å². The van der Waals surface area contributed by atoms with Gasteiger partial charge in [0.05, 0.1) is 13.2 Å². The largest absolute Gasteiger partial charge is 0.395 e. The fourth-order valence-electron chi connectivity index (χ4n) is 1.75. The van der Waals surface area contributed by atoms with E-state index in [0.717, 1.165) is 26.1 Å². The maximum absolute atomic E-state index is 9.02. The zero-order valence-corrected chi connectivity index (χ0v) is 8.62. The Balaban J connectivity index is 2.25. The summed E-state index contributed by atoms with van der Waals surface area (Å²) in [7, 11) is 0. The molecule has 0 aromatic carbocycles. The highest BCUT2D eigenvalue weighted by Gasteiger charge is 2.23. The second-order valence-electron chi connectivity index (χ2n) is 3.87. The van der Waals surface area contributed by atoms with Crippen molar-refractivity contribution in [3.8, 4) is 0 Å². The molecular weight excluding hydrogens is 166 g/mol. The summed E-state index contributed by atoms with van der Waals surface area (Å²) < 4.78 is 5.32. The van der Waals surface area contributed by atoms with E-state index in [9.17, 15) is 0 Å². The molecule has 78 valence electrons. The molecule has 0 saturated carbocycles. The van der Waals surface area contributed by atoms with Crippen molar-refractivity contribution in [3.63, 3.8) is 0 Å². The molecule has 0 amide bonds. The lowest BCUT2D eigenvalue weighted by atomic mass is 9.99. The topological polar surface area (TPSA) is 41.5 Å². The number of aliphatic hydroxyl groups excluding tert-OH is 1. The van der Waals surface area contributed by atoms with Crippen molar-refractivity contribution in [1.82, 2.24) is 5.32 Å². The van der Waals surface area contributed by atoms with Gasteiger partial charge in [-0.25, -0.2) is 0 Å². The van der Waals surface area contributed by atoms with Crippen LogP contribution < -0.4 is 5.32 Å². The van der Waals surface area contributed by atoms with Crippen molar-refractivity contribution in [2.75, 3.05) is 19.8 Å². The van der Waals surface area contributed by atoms with Crippen molar-refractivity contribution < 1.29 is 9.84 Å². The molecule has 3 heteroatoms. The Kier molecular flexibility index (Phi) is 4.70. The van der Waals surface area contributed by atoms with Crippen LogP contribution in [0.1, 0.15) is 26.7 Å². The number of nitrogens with one attached hydrogen (secondary N) is 1. The van der Waals surface area contributed by atoms with Crippen molar-refractivity contribution in [3.05, 3.63) is 0 Å². The van der Waals surface area contributed by atoms with Gasteiger partial charge in [-0.2, -0.15) is 0 Å². The molecule has 0 radical (unpaired) electrons. The van der Waals surface area contributed by atoms with E-state index in [1.54, 1.807) is 0 Å². The number of hydrogen-bond donors (Lipinski definition) is 2. The van der Waals surface area contributed by atoms with Gasteiger partial charge in [0.2, 0.25) is 0 Å². The summed E-state index contributed by atoms with van der Waals surface area (Å²) in [6.07, 6.45) is 2.13. The van der Waals surface area contributed by atoms with E-state index in [1.165, 1.54) is 0 Å². The molecule has 1 rings (SSSR count). The minimum Gasteiger partial charge on any atom is -0.395 e. The molecule has 2 unspecified atom stereocenters. The predicted octanol–water partition coefficient (Wildman–Crippen LogP) is 0.772. The van der Waals surface area contributed by atoms with Gasteiger partial charge in [0.1, 0.15) is 0 Å². The van der Waals surface area contributed by atoms with Crippen LogP contribution in [0.15, 0.2) is 0 Å². The third-order valence-electron chi connectivity index (χ3n) is 2.88. The first-order valence-electron chi connectivity index (χ1n) is 5.22. The molecule has 1 aliphatic rings. The van der Waals surface area contributed by atoms with Crippen LogP contribution in [0.2, 0.25) is 0 Å². The van der Waals surface area contributed by atoms with E-state index in [4.69, 9.17) is 9.84 Å². The zero-order chi connectivity index (χ0) is 9.68. The lowest BCUT2D eigenvalue weighted by Crippen LogP contribution is -2.42. The minimum absolute atomic E-state index is 0.231. The lowest BCUT2D eigenvalue weighted by molar-refractivity contribution is 0.169. The monoisotopic (exact) mass is 187 g/mol. The van der Waals surface area contributed by atoms with E-state index in [2.05, 4.69) is 19.2 Å². The molecule has 1 aliphatic heterocycles. The normalized spacial score (nSPS) is 27.5. The molecular formula is C10H21NO2. The molecule has 0 aliphatic carbocycles. The highest BCUT2D eigenvalue weighted by atomic mass is 16.5. The molecule has 13 heavy (non-hydrogen) atoms. The third kappa shape index (κ3) is 3.25. The van der Waals surface area contributed by atoms with Gasteiger partial charge in [-0.1, -0.05) is 6.92 Å². The number of hydrogen-bond acceptors (Lipinski definition) is 3. The van der Waals surface area contributed by atoms with Gasteiger partial charge in [0.15, 0.2) is 0 Å². The van der Waals surface area contributed by atoms with Gasteiger partial charge in [-0.05, 0) is 25.7 Å². The summed E-state index contributed by atoms with van der Waals surface area (Å²) in [6, 6.07) is 0.704. The summed E-state index contributed by atoms with van der Waals surface area (Å²) >= 11 is 0. The van der Waals surface area contributed by atoms with Crippen LogP contribution in [-0.4, -0.2) is 37.0 Å². The van der Waals surface area contributed by atoms with Crippen LogP contribution in [0.4, 0.5) is 0 Å². The van der Waals surface area contributed by atoms with Gasteiger partial charge in [-0.3, -0.25) is 0 Å². The SMILES string of the molecule is CC[C@@H](CO)NC(C)C1CCOC1. The average Bonchev–Trinajstić information content (AvgIpc) is 2.66. The maximum atomic E-state index is 9.02. The van der Waals surface area contributed by atoms with Crippen LogP contribution in [-0.2, 0) is 4.74 Å². The Morgan fingerprint density at radius 3 is 2.85 bits per heavy atom. The van der Waals surface area contributed by atoms with E-state index in [1.807, 2.05) is 0 Å². The van der Waals surface area contributed by atoms with Crippen molar-refractivity contribution >= 4 is 0 Å². The van der Waals surface area contributed by atoms with Crippen molar-refractivity contribution in [2.45, 2.75) is 38.8 Å². The summed E-state index contributed by atoms with van der Waals surface area (Å²) in [5, 5.41) is 12.5.